The van der Waals surface area contributed by atoms with Crippen LogP contribution in [0.25, 0.3) is 11.0 Å². The van der Waals surface area contributed by atoms with Gasteiger partial charge in [-0.2, -0.15) is 0 Å². The number of rotatable bonds is 6. The summed E-state index contributed by atoms with van der Waals surface area (Å²) < 4.78 is 1.42. The van der Waals surface area contributed by atoms with Gasteiger partial charge in [0.15, 0.2) is 5.65 Å². The van der Waals surface area contributed by atoms with Crippen molar-refractivity contribution in [1.82, 2.24) is 19.9 Å². The number of allylic oxidation sites excluding steroid dienone is 1. The van der Waals surface area contributed by atoms with Gasteiger partial charge in [-0.3, -0.25) is 19.1 Å². The molecule has 0 radical (unpaired) electrons. The molecule has 0 aromatic carbocycles. The largest absolute Gasteiger partial charge is 0.352 e. The number of carbonyl (C=O) groups excluding carboxylic acids is 1. The van der Waals surface area contributed by atoms with Gasteiger partial charge in [0, 0.05) is 24.7 Å². The van der Waals surface area contributed by atoms with Gasteiger partial charge in [0.05, 0.1) is 10.9 Å². The second kappa shape index (κ2) is 7.73. The summed E-state index contributed by atoms with van der Waals surface area (Å²) >= 11 is 0. The highest BCUT2D eigenvalue weighted by Crippen LogP contribution is 2.39. The first-order chi connectivity index (χ1) is 13.6. The smallest absolute Gasteiger partial charge is 0.329 e. The highest BCUT2D eigenvalue weighted by Gasteiger charge is 2.28. The molecule has 2 N–H and O–H groups in total. The lowest BCUT2D eigenvalue weighted by Gasteiger charge is -2.14. The topological polar surface area (TPSA) is 96.9 Å². The zero-order valence-electron chi connectivity index (χ0n) is 16.2. The van der Waals surface area contributed by atoms with Crippen molar-refractivity contribution in [2.75, 3.05) is 6.54 Å². The third kappa shape index (κ3) is 3.66. The van der Waals surface area contributed by atoms with E-state index >= 15 is 0 Å². The summed E-state index contributed by atoms with van der Waals surface area (Å²) in [6.07, 6.45) is 9.82. The van der Waals surface area contributed by atoms with Crippen molar-refractivity contribution in [1.29, 1.82) is 0 Å². The number of aromatic amines is 1. The highest BCUT2D eigenvalue weighted by molar-refractivity contribution is 6.05. The molecule has 2 aliphatic carbocycles. The van der Waals surface area contributed by atoms with Crippen LogP contribution < -0.4 is 16.6 Å². The molecule has 2 aromatic heterocycles. The summed E-state index contributed by atoms with van der Waals surface area (Å²) in [6.45, 7) is 2.74. The number of hydrogen-bond donors (Lipinski definition) is 2. The molecule has 0 spiro atoms. The zero-order chi connectivity index (χ0) is 19.7. The van der Waals surface area contributed by atoms with Crippen LogP contribution in [0.15, 0.2) is 27.3 Å². The van der Waals surface area contributed by atoms with E-state index in [0.717, 1.165) is 37.8 Å². The Morgan fingerprint density at radius 3 is 2.82 bits per heavy atom. The number of H-pyrrole nitrogens is 1. The van der Waals surface area contributed by atoms with Crippen LogP contribution in [-0.4, -0.2) is 27.0 Å². The van der Waals surface area contributed by atoms with Crippen molar-refractivity contribution in [2.45, 2.75) is 64.3 Å². The molecule has 0 saturated heterocycles. The molecule has 7 heteroatoms. The number of hydrogen-bond acceptors (Lipinski definition) is 4. The van der Waals surface area contributed by atoms with Crippen LogP contribution in [0.5, 0.6) is 0 Å². The van der Waals surface area contributed by atoms with E-state index in [0.29, 0.717) is 30.2 Å². The molecule has 4 rings (SSSR count). The van der Waals surface area contributed by atoms with Crippen LogP contribution in [0.3, 0.4) is 0 Å². The Morgan fingerprint density at radius 2 is 2.14 bits per heavy atom. The van der Waals surface area contributed by atoms with E-state index in [4.69, 9.17) is 0 Å². The number of aromatic nitrogens is 3. The first-order valence-corrected chi connectivity index (χ1v) is 10.2. The standard InChI is InChI=1S/C21H26N4O3/c1-2-25-18-17(20(27)24-21(25)28)15(12-16(23-18)14-8-9-14)19(26)22-11-10-13-6-4-3-5-7-13/h6,12,14H,2-5,7-11H2,1H3,(H,22,26)(H,24,27,28). The third-order valence-electron chi connectivity index (χ3n) is 5.64. The van der Waals surface area contributed by atoms with E-state index in [1.54, 1.807) is 6.07 Å². The number of amides is 1. The van der Waals surface area contributed by atoms with Gasteiger partial charge in [0.2, 0.25) is 0 Å². The summed E-state index contributed by atoms with van der Waals surface area (Å²) in [4.78, 5) is 44.5. The molecular formula is C21H26N4O3. The van der Waals surface area contributed by atoms with Gasteiger partial charge in [-0.05, 0) is 57.9 Å². The van der Waals surface area contributed by atoms with Crippen LogP contribution in [0.2, 0.25) is 0 Å². The van der Waals surface area contributed by atoms with Gasteiger partial charge >= 0.3 is 5.69 Å². The maximum Gasteiger partial charge on any atom is 0.329 e. The lowest BCUT2D eigenvalue weighted by Crippen LogP contribution is -2.33. The molecule has 2 heterocycles. The fourth-order valence-corrected chi connectivity index (χ4v) is 3.92. The average Bonchev–Trinajstić information content (AvgIpc) is 3.53. The number of nitrogens with one attached hydrogen (secondary N) is 2. The molecule has 0 aliphatic heterocycles. The molecule has 148 valence electrons. The summed E-state index contributed by atoms with van der Waals surface area (Å²) in [6, 6.07) is 1.73. The van der Waals surface area contributed by atoms with E-state index in [-0.39, 0.29) is 11.3 Å². The Balaban J connectivity index is 1.68. The molecule has 0 bridgehead atoms. The zero-order valence-corrected chi connectivity index (χ0v) is 16.2. The first-order valence-electron chi connectivity index (χ1n) is 10.2. The fraction of sp³-hybridized carbons (Fsp3) is 0.524. The van der Waals surface area contributed by atoms with Gasteiger partial charge in [-0.25, -0.2) is 9.78 Å². The Hall–Kier alpha value is -2.70. The summed E-state index contributed by atoms with van der Waals surface area (Å²) in [5.41, 5.74) is 1.76. The van der Waals surface area contributed by atoms with E-state index < -0.39 is 11.2 Å². The summed E-state index contributed by atoms with van der Waals surface area (Å²) in [5.74, 6) is 0.0283. The maximum absolute atomic E-state index is 12.9. The molecular weight excluding hydrogens is 356 g/mol. The van der Waals surface area contributed by atoms with Gasteiger partial charge in [-0.15, -0.1) is 0 Å². The van der Waals surface area contributed by atoms with E-state index in [9.17, 15) is 14.4 Å². The molecule has 7 nitrogen and oxygen atoms in total. The average molecular weight is 382 g/mol. The number of pyridine rings is 1. The molecule has 0 atom stereocenters. The van der Waals surface area contributed by atoms with Crippen LogP contribution in [0, 0.1) is 0 Å². The van der Waals surface area contributed by atoms with Crippen molar-refractivity contribution < 1.29 is 4.79 Å². The van der Waals surface area contributed by atoms with Gasteiger partial charge < -0.3 is 5.32 Å². The van der Waals surface area contributed by atoms with E-state index in [1.165, 1.54) is 23.0 Å². The Morgan fingerprint density at radius 1 is 1.32 bits per heavy atom. The highest BCUT2D eigenvalue weighted by atomic mass is 16.2. The monoisotopic (exact) mass is 382 g/mol. The third-order valence-corrected chi connectivity index (χ3v) is 5.64. The predicted molar refractivity (Wildman–Crippen MR) is 108 cm³/mol. The molecule has 1 saturated carbocycles. The van der Waals surface area contributed by atoms with Gasteiger partial charge in [0.1, 0.15) is 0 Å². The normalized spacial score (nSPS) is 16.8. The van der Waals surface area contributed by atoms with Crippen LogP contribution >= 0.6 is 0 Å². The molecule has 2 aromatic rings. The summed E-state index contributed by atoms with van der Waals surface area (Å²) in [7, 11) is 0. The van der Waals surface area contributed by atoms with Crippen LogP contribution in [0.1, 0.15) is 73.8 Å². The maximum atomic E-state index is 12.9. The van der Waals surface area contributed by atoms with Crippen molar-refractivity contribution in [3.8, 4) is 0 Å². The second-order valence-corrected chi connectivity index (χ2v) is 7.69. The lowest BCUT2D eigenvalue weighted by atomic mass is 9.97. The number of fused-ring (bicyclic) bond motifs is 1. The quantitative estimate of drug-likeness (QED) is 0.751. The molecule has 2 aliphatic rings. The van der Waals surface area contributed by atoms with Crippen LogP contribution in [-0.2, 0) is 6.54 Å². The fourth-order valence-electron chi connectivity index (χ4n) is 3.92. The SMILES string of the molecule is CCn1c(=O)[nH]c(=O)c2c(C(=O)NCCC3=CCCCC3)cc(C3CC3)nc21. The van der Waals surface area contributed by atoms with Gasteiger partial charge in [0.25, 0.3) is 11.5 Å². The lowest BCUT2D eigenvalue weighted by molar-refractivity contribution is 0.0955. The molecule has 1 amide bonds. The van der Waals surface area contributed by atoms with Crippen molar-refractivity contribution >= 4 is 16.9 Å². The summed E-state index contributed by atoms with van der Waals surface area (Å²) in [5, 5.41) is 3.15. The first kappa shape index (κ1) is 18.7. The Kier molecular flexibility index (Phi) is 5.15. The van der Waals surface area contributed by atoms with Gasteiger partial charge in [-0.1, -0.05) is 11.6 Å². The predicted octanol–water partition coefficient (Wildman–Crippen LogP) is 2.60. The van der Waals surface area contributed by atoms with E-state index in [2.05, 4.69) is 21.4 Å². The molecule has 0 unspecified atom stereocenters. The Labute approximate surface area is 162 Å². The number of carbonyl (C=O) groups is 1. The minimum absolute atomic E-state index is 0.195. The van der Waals surface area contributed by atoms with Crippen molar-refractivity contribution in [3.63, 3.8) is 0 Å². The van der Waals surface area contributed by atoms with E-state index in [1.807, 2.05) is 6.92 Å². The van der Waals surface area contributed by atoms with Crippen molar-refractivity contribution in [3.05, 3.63) is 49.8 Å². The number of nitrogens with zero attached hydrogens (tertiary/aromatic N) is 2. The Bertz CT molecular complexity index is 1060. The number of aryl methyl sites for hydroxylation is 1. The second-order valence-electron chi connectivity index (χ2n) is 7.69. The van der Waals surface area contributed by atoms with Crippen molar-refractivity contribution in [2.24, 2.45) is 0 Å². The minimum atomic E-state index is -0.556. The minimum Gasteiger partial charge on any atom is -0.352 e. The van der Waals surface area contributed by atoms with Crippen LogP contribution in [0.4, 0.5) is 0 Å². The molecule has 1 fully saturated rings. The molecule has 28 heavy (non-hydrogen) atoms.